The van der Waals surface area contributed by atoms with E-state index in [9.17, 15) is 13.2 Å². The van der Waals surface area contributed by atoms with E-state index in [1.165, 1.54) is 31.5 Å². The fourth-order valence-electron chi connectivity index (χ4n) is 3.06. The minimum atomic E-state index is -3.92. The number of carbonyl (C=O) groups excluding carboxylic acids is 1. The van der Waals surface area contributed by atoms with Crippen LogP contribution in [0.4, 0.5) is 11.4 Å². The number of rotatable bonds is 5. The molecule has 0 spiro atoms. The highest BCUT2D eigenvalue weighted by Gasteiger charge is 2.54. The number of hydrogen-bond donors (Lipinski definition) is 1. The van der Waals surface area contributed by atoms with Crippen LogP contribution in [-0.4, -0.2) is 39.8 Å². The van der Waals surface area contributed by atoms with Gasteiger partial charge in [-0.2, -0.15) is 0 Å². The molecule has 28 heavy (non-hydrogen) atoms. The second kappa shape index (κ2) is 7.52. The molecule has 1 heterocycles. The van der Waals surface area contributed by atoms with E-state index in [-0.39, 0.29) is 13.0 Å². The molecule has 1 amide bonds. The van der Waals surface area contributed by atoms with Crippen LogP contribution in [0.3, 0.4) is 0 Å². The second-order valence-electron chi connectivity index (χ2n) is 6.56. The number of hydrogen-bond acceptors (Lipinski definition) is 5. The van der Waals surface area contributed by atoms with Crippen LogP contribution in [0, 0.1) is 0 Å². The fraction of sp³-hybridized carbons (Fsp3) is 0.316. The quantitative estimate of drug-likeness (QED) is 0.796. The lowest BCUT2D eigenvalue weighted by Gasteiger charge is -2.25. The van der Waals surface area contributed by atoms with E-state index in [0.29, 0.717) is 27.9 Å². The van der Waals surface area contributed by atoms with Crippen molar-refractivity contribution >= 4 is 38.9 Å². The third kappa shape index (κ3) is 3.38. The Hall–Kier alpha value is -2.45. The van der Waals surface area contributed by atoms with E-state index < -0.39 is 20.7 Å². The molecule has 0 bridgehead atoms. The highest BCUT2D eigenvalue weighted by Crippen LogP contribution is 2.38. The van der Waals surface area contributed by atoms with Crippen LogP contribution in [0.2, 0.25) is 5.02 Å². The molecule has 1 fully saturated rings. The molecule has 1 unspecified atom stereocenters. The van der Waals surface area contributed by atoms with Gasteiger partial charge in [0.2, 0.25) is 15.9 Å². The molecule has 1 aliphatic heterocycles. The summed E-state index contributed by atoms with van der Waals surface area (Å²) in [6, 6.07) is 11.4. The van der Waals surface area contributed by atoms with Crippen molar-refractivity contribution in [2.45, 2.75) is 18.1 Å². The molecule has 9 heteroatoms. The van der Waals surface area contributed by atoms with Gasteiger partial charge in [0.1, 0.15) is 11.5 Å². The highest BCUT2D eigenvalue weighted by atomic mass is 35.5. The summed E-state index contributed by atoms with van der Waals surface area (Å²) in [6.45, 7) is 1.65. The number of nitrogens with one attached hydrogen (secondary N) is 1. The number of benzene rings is 2. The minimum absolute atomic E-state index is 0.164. The molecule has 1 saturated heterocycles. The number of methoxy groups -OCH3 is 2. The van der Waals surface area contributed by atoms with Gasteiger partial charge in [-0.05, 0) is 55.8 Å². The average molecular weight is 425 g/mol. The molecule has 0 aromatic heterocycles. The smallest absolute Gasteiger partial charge is 0.249 e. The molecule has 0 radical (unpaired) electrons. The maximum atomic E-state index is 13.2. The Morgan fingerprint density at radius 1 is 1.14 bits per heavy atom. The number of amides is 1. The van der Waals surface area contributed by atoms with Crippen LogP contribution in [-0.2, 0) is 14.8 Å². The Morgan fingerprint density at radius 2 is 1.82 bits per heavy atom. The Labute approximate surface area is 169 Å². The highest BCUT2D eigenvalue weighted by molar-refractivity contribution is 7.95. The molecule has 1 N–H and O–H groups in total. The van der Waals surface area contributed by atoms with E-state index in [1.54, 1.807) is 36.4 Å². The van der Waals surface area contributed by atoms with Crippen LogP contribution in [0.1, 0.15) is 13.3 Å². The van der Waals surface area contributed by atoms with E-state index in [0.717, 1.165) is 0 Å². The van der Waals surface area contributed by atoms with Crippen molar-refractivity contribution in [3.63, 3.8) is 0 Å². The standard InChI is InChI=1S/C19H21ClN2O5S/c1-19(18(23)21-13-4-9-17(27-3)16(20)12-13)10-11-22(28(19,24)25)14-5-7-15(26-2)8-6-14/h4-9,12H,10-11H2,1-3H3,(H,21,23). The van der Waals surface area contributed by atoms with Crippen LogP contribution >= 0.6 is 11.6 Å². The Balaban J connectivity index is 1.84. The summed E-state index contributed by atoms with van der Waals surface area (Å²) in [4.78, 5) is 12.9. The molecule has 1 atom stereocenters. The Kier molecular flexibility index (Phi) is 5.45. The van der Waals surface area contributed by atoms with Crippen molar-refractivity contribution in [2.24, 2.45) is 0 Å². The number of anilines is 2. The lowest BCUT2D eigenvalue weighted by atomic mass is 10.1. The molecule has 3 rings (SSSR count). The van der Waals surface area contributed by atoms with E-state index in [4.69, 9.17) is 21.1 Å². The van der Waals surface area contributed by atoms with E-state index in [2.05, 4.69) is 5.32 Å². The summed E-state index contributed by atoms with van der Waals surface area (Å²) in [5.41, 5.74) is 0.889. The maximum Gasteiger partial charge on any atom is 0.249 e. The van der Waals surface area contributed by atoms with Gasteiger partial charge in [-0.15, -0.1) is 0 Å². The zero-order chi connectivity index (χ0) is 20.5. The molecule has 1 aliphatic rings. The molecule has 150 valence electrons. The van der Waals surface area contributed by atoms with Gasteiger partial charge in [0.15, 0.2) is 4.75 Å². The summed E-state index contributed by atoms with van der Waals surface area (Å²) < 4.78 is 36.2. The molecule has 2 aromatic carbocycles. The predicted molar refractivity (Wildman–Crippen MR) is 109 cm³/mol. The first-order chi connectivity index (χ1) is 13.2. The average Bonchev–Trinajstić information content (AvgIpc) is 2.92. The number of halogens is 1. The van der Waals surface area contributed by atoms with Crippen molar-refractivity contribution in [1.82, 2.24) is 0 Å². The monoisotopic (exact) mass is 424 g/mol. The van der Waals surface area contributed by atoms with Gasteiger partial charge in [-0.3, -0.25) is 9.10 Å². The van der Waals surface area contributed by atoms with Crippen LogP contribution in [0.25, 0.3) is 0 Å². The number of carbonyl (C=O) groups is 1. The lowest BCUT2D eigenvalue weighted by molar-refractivity contribution is -0.118. The predicted octanol–water partition coefficient (Wildman–Crippen LogP) is 3.29. The van der Waals surface area contributed by atoms with Gasteiger partial charge < -0.3 is 14.8 Å². The maximum absolute atomic E-state index is 13.2. The van der Waals surface area contributed by atoms with Crippen molar-refractivity contribution in [2.75, 3.05) is 30.4 Å². The summed E-state index contributed by atoms with van der Waals surface area (Å²) >= 11 is 6.08. The van der Waals surface area contributed by atoms with Crippen LogP contribution in [0.15, 0.2) is 42.5 Å². The third-order valence-electron chi connectivity index (χ3n) is 4.90. The van der Waals surface area contributed by atoms with Gasteiger partial charge in [-0.1, -0.05) is 11.6 Å². The van der Waals surface area contributed by atoms with Gasteiger partial charge in [0.05, 0.1) is 24.9 Å². The molecular weight excluding hydrogens is 404 g/mol. The second-order valence-corrected chi connectivity index (χ2v) is 9.26. The van der Waals surface area contributed by atoms with Gasteiger partial charge in [0, 0.05) is 12.2 Å². The summed E-state index contributed by atoms with van der Waals surface area (Å²) in [7, 11) is -0.898. The van der Waals surface area contributed by atoms with Crippen molar-refractivity contribution in [3.8, 4) is 11.5 Å². The van der Waals surface area contributed by atoms with E-state index >= 15 is 0 Å². The van der Waals surface area contributed by atoms with Crippen molar-refractivity contribution < 1.29 is 22.7 Å². The summed E-state index contributed by atoms with van der Waals surface area (Å²) in [5.74, 6) is 0.479. The normalized spacial score (nSPS) is 20.6. The molecule has 0 saturated carbocycles. The first-order valence-electron chi connectivity index (χ1n) is 8.54. The molecule has 7 nitrogen and oxygen atoms in total. The lowest BCUT2D eigenvalue weighted by Crippen LogP contribution is -2.47. The van der Waals surface area contributed by atoms with Crippen LogP contribution in [0.5, 0.6) is 11.5 Å². The Morgan fingerprint density at radius 3 is 2.39 bits per heavy atom. The molecule has 2 aromatic rings. The Bertz CT molecular complexity index is 994. The van der Waals surface area contributed by atoms with Gasteiger partial charge >= 0.3 is 0 Å². The SMILES string of the molecule is COc1ccc(N2CCC(C)(C(=O)Nc3ccc(OC)c(Cl)c3)S2(=O)=O)cc1. The number of nitrogens with zero attached hydrogens (tertiary/aromatic N) is 1. The summed E-state index contributed by atoms with van der Waals surface area (Å²) in [5, 5.41) is 2.98. The van der Waals surface area contributed by atoms with Crippen molar-refractivity contribution in [1.29, 1.82) is 0 Å². The first-order valence-corrected chi connectivity index (χ1v) is 10.4. The minimum Gasteiger partial charge on any atom is -0.497 e. The molecule has 0 aliphatic carbocycles. The molecular formula is C19H21ClN2O5S. The number of sulfonamides is 1. The van der Waals surface area contributed by atoms with Gasteiger partial charge in [0.25, 0.3) is 0 Å². The zero-order valence-corrected chi connectivity index (χ0v) is 17.3. The zero-order valence-electron chi connectivity index (χ0n) is 15.7. The first kappa shape index (κ1) is 20.3. The topological polar surface area (TPSA) is 84.9 Å². The largest absolute Gasteiger partial charge is 0.497 e. The number of ether oxygens (including phenoxy) is 2. The van der Waals surface area contributed by atoms with Gasteiger partial charge in [-0.25, -0.2) is 8.42 Å². The van der Waals surface area contributed by atoms with Crippen LogP contribution < -0.4 is 19.1 Å². The summed E-state index contributed by atoms with van der Waals surface area (Å²) in [6.07, 6.45) is 0.164. The third-order valence-corrected chi connectivity index (χ3v) is 7.70. The van der Waals surface area contributed by atoms with Crippen molar-refractivity contribution in [3.05, 3.63) is 47.5 Å². The fourth-order valence-corrected chi connectivity index (χ4v) is 5.17. The van der Waals surface area contributed by atoms with E-state index in [1.807, 2.05) is 0 Å².